The molecule has 1 aromatic heterocycles. The topological polar surface area (TPSA) is 63.1 Å². The summed E-state index contributed by atoms with van der Waals surface area (Å²) in [6.07, 6.45) is 1.16. The van der Waals surface area contributed by atoms with Crippen LogP contribution in [0.3, 0.4) is 0 Å². The van der Waals surface area contributed by atoms with E-state index in [0.717, 1.165) is 22.2 Å². The minimum Gasteiger partial charge on any atom is -0.481 e. The van der Waals surface area contributed by atoms with E-state index in [2.05, 4.69) is 25.9 Å². The van der Waals surface area contributed by atoms with Gasteiger partial charge in [0, 0.05) is 10.2 Å². The molecule has 0 aliphatic heterocycles. The Hall–Kier alpha value is -1.75. The van der Waals surface area contributed by atoms with Crippen molar-refractivity contribution in [2.24, 2.45) is 0 Å². The van der Waals surface area contributed by atoms with Gasteiger partial charge in [0.05, 0.1) is 5.69 Å². The van der Waals surface area contributed by atoms with E-state index in [1.54, 1.807) is 13.0 Å². The van der Waals surface area contributed by atoms with Crippen LogP contribution in [0.5, 0.6) is 0 Å². The quantitative estimate of drug-likeness (QED) is 0.897. The van der Waals surface area contributed by atoms with Crippen LogP contribution < -0.4 is 0 Å². The van der Waals surface area contributed by atoms with Crippen LogP contribution in [0.2, 0.25) is 0 Å². The van der Waals surface area contributed by atoms with Gasteiger partial charge in [0.2, 0.25) is 0 Å². The Kier molecular flexibility index (Phi) is 5.07. The van der Waals surface area contributed by atoms with E-state index in [1.807, 2.05) is 31.2 Å². The molecule has 0 aliphatic carbocycles. The molecule has 0 saturated heterocycles. The van der Waals surface area contributed by atoms with E-state index in [1.165, 1.54) is 0 Å². The molecule has 1 unspecified atom stereocenters. The van der Waals surface area contributed by atoms with E-state index in [-0.39, 0.29) is 0 Å². The van der Waals surface area contributed by atoms with Crippen molar-refractivity contribution in [1.82, 2.24) is 9.97 Å². The maximum absolute atomic E-state index is 11.7. The molecular formula is C16H17BrN2O2. The minimum atomic E-state index is -0.870. The lowest BCUT2D eigenvalue weighted by molar-refractivity contribution is -0.138. The predicted molar refractivity (Wildman–Crippen MR) is 84.4 cm³/mol. The number of aliphatic carboxylic acids is 1. The lowest BCUT2D eigenvalue weighted by Gasteiger charge is -2.14. The Morgan fingerprint density at radius 1 is 1.33 bits per heavy atom. The second-order valence-corrected chi connectivity index (χ2v) is 5.73. The first-order valence-corrected chi connectivity index (χ1v) is 7.61. The van der Waals surface area contributed by atoms with Gasteiger partial charge in [-0.3, -0.25) is 4.79 Å². The molecule has 0 fully saturated rings. The number of hydrogen-bond donors (Lipinski definition) is 1. The first kappa shape index (κ1) is 15.6. The molecule has 1 atom stereocenters. The van der Waals surface area contributed by atoms with Crippen molar-refractivity contribution in [1.29, 1.82) is 0 Å². The molecule has 1 N–H and O–H groups in total. The number of halogens is 1. The van der Waals surface area contributed by atoms with Crippen molar-refractivity contribution in [2.75, 3.05) is 0 Å². The molecule has 21 heavy (non-hydrogen) atoms. The number of nitrogens with zero attached hydrogens (tertiary/aromatic N) is 2. The van der Waals surface area contributed by atoms with Crippen LogP contribution in [0, 0.1) is 6.92 Å². The highest BCUT2D eigenvalue weighted by atomic mass is 79.9. The van der Waals surface area contributed by atoms with Crippen LogP contribution >= 0.6 is 15.9 Å². The average molecular weight is 349 g/mol. The van der Waals surface area contributed by atoms with Crippen molar-refractivity contribution < 1.29 is 9.90 Å². The van der Waals surface area contributed by atoms with Crippen LogP contribution in [-0.4, -0.2) is 21.0 Å². The summed E-state index contributed by atoms with van der Waals surface area (Å²) < 4.78 is 0.915. The Balaban J connectivity index is 2.38. The summed E-state index contributed by atoms with van der Waals surface area (Å²) in [5, 5.41) is 9.56. The van der Waals surface area contributed by atoms with Crippen LogP contribution in [-0.2, 0) is 17.6 Å². The summed E-state index contributed by atoms with van der Waals surface area (Å²) in [7, 11) is 0. The lowest BCUT2D eigenvalue weighted by Crippen LogP contribution is -2.17. The largest absolute Gasteiger partial charge is 0.481 e. The van der Waals surface area contributed by atoms with Crippen molar-refractivity contribution in [3.8, 4) is 0 Å². The van der Waals surface area contributed by atoms with Gasteiger partial charge in [-0.25, -0.2) is 9.97 Å². The zero-order valence-electron chi connectivity index (χ0n) is 12.0. The molecule has 0 aliphatic rings. The van der Waals surface area contributed by atoms with Crippen LogP contribution in [0.25, 0.3) is 0 Å². The summed E-state index contributed by atoms with van der Waals surface area (Å²) in [6, 6.07) is 9.45. The van der Waals surface area contributed by atoms with E-state index in [4.69, 9.17) is 0 Å². The van der Waals surface area contributed by atoms with E-state index >= 15 is 0 Å². The first-order chi connectivity index (χ1) is 10.0. The number of benzene rings is 1. The SMILES string of the molecule is CCc1cc(C(Cc2ccccc2Br)C(=O)O)nc(C)n1. The van der Waals surface area contributed by atoms with Gasteiger partial charge in [0.1, 0.15) is 11.7 Å². The molecule has 1 heterocycles. The van der Waals surface area contributed by atoms with E-state index in [0.29, 0.717) is 17.9 Å². The molecule has 4 nitrogen and oxygen atoms in total. The summed E-state index contributed by atoms with van der Waals surface area (Å²) in [6.45, 7) is 3.79. The van der Waals surface area contributed by atoms with Crippen molar-refractivity contribution in [3.05, 3.63) is 57.6 Å². The summed E-state index contributed by atoms with van der Waals surface area (Å²) in [5.74, 6) is -0.927. The van der Waals surface area contributed by atoms with Gasteiger partial charge >= 0.3 is 5.97 Å². The molecule has 0 radical (unpaired) electrons. The maximum Gasteiger partial charge on any atom is 0.312 e. The lowest BCUT2D eigenvalue weighted by atomic mass is 9.95. The normalized spacial score (nSPS) is 12.1. The van der Waals surface area contributed by atoms with Gasteiger partial charge in [-0.15, -0.1) is 0 Å². The molecule has 1 aromatic carbocycles. The highest BCUT2D eigenvalue weighted by molar-refractivity contribution is 9.10. The molecule has 5 heteroatoms. The van der Waals surface area contributed by atoms with Crippen LogP contribution in [0.1, 0.15) is 35.6 Å². The number of carboxylic acid groups (broad SMARTS) is 1. The van der Waals surface area contributed by atoms with Gasteiger partial charge in [0.25, 0.3) is 0 Å². The van der Waals surface area contributed by atoms with Crippen molar-refractivity contribution >= 4 is 21.9 Å². The smallest absolute Gasteiger partial charge is 0.312 e. The number of carboxylic acids is 1. The van der Waals surface area contributed by atoms with Gasteiger partial charge in [-0.2, -0.15) is 0 Å². The first-order valence-electron chi connectivity index (χ1n) is 6.82. The van der Waals surface area contributed by atoms with Gasteiger partial charge in [-0.05, 0) is 37.5 Å². The zero-order chi connectivity index (χ0) is 15.4. The second-order valence-electron chi connectivity index (χ2n) is 4.87. The monoisotopic (exact) mass is 348 g/mol. The number of carbonyl (C=O) groups is 1. The standard InChI is InChI=1S/C16H17BrN2O2/c1-3-12-9-15(19-10(2)18-12)13(16(20)21)8-11-6-4-5-7-14(11)17/h4-7,9,13H,3,8H2,1-2H3,(H,20,21). The third kappa shape index (κ3) is 3.88. The molecular weight excluding hydrogens is 332 g/mol. The van der Waals surface area contributed by atoms with Crippen molar-refractivity contribution in [2.45, 2.75) is 32.6 Å². The Morgan fingerprint density at radius 3 is 2.67 bits per heavy atom. The highest BCUT2D eigenvalue weighted by Gasteiger charge is 2.23. The molecule has 0 amide bonds. The molecule has 0 spiro atoms. The molecule has 2 aromatic rings. The molecule has 110 valence electrons. The predicted octanol–water partition coefficient (Wildman–Crippen LogP) is 3.52. The van der Waals surface area contributed by atoms with Crippen LogP contribution in [0.15, 0.2) is 34.8 Å². The minimum absolute atomic E-state index is 0.399. The third-order valence-electron chi connectivity index (χ3n) is 3.31. The third-order valence-corrected chi connectivity index (χ3v) is 4.08. The fourth-order valence-electron chi connectivity index (χ4n) is 2.22. The molecule has 0 bridgehead atoms. The fourth-order valence-corrected chi connectivity index (χ4v) is 2.66. The van der Waals surface area contributed by atoms with Gasteiger partial charge in [0.15, 0.2) is 0 Å². The van der Waals surface area contributed by atoms with Crippen molar-refractivity contribution in [3.63, 3.8) is 0 Å². The number of aryl methyl sites for hydroxylation is 2. The Morgan fingerprint density at radius 2 is 2.05 bits per heavy atom. The number of hydrogen-bond acceptors (Lipinski definition) is 3. The molecule has 2 rings (SSSR count). The Labute approximate surface area is 132 Å². The maximum atomic E-state index is 11.7. The van der Waals surface area contributed by atoms with Gasteiger partial charge < -0.3 is 5.11 Å². The summed E-state index contributed by atoms with van der Waals surface area (Å²) >= 11 is 3.46. The zero-order valence-corrected chi connectivity index (χ0v) is 13.6. The highest BCUT2D eigenvalue weighted by Crippen LogP contribution is 2.25. The molecule has 0 saturated carbocycles. The summed E-state index contributed by atoms with van der Waals surface area (Å²) in [5.41, 5.74) is 2.40. The van der Waals surface area contributed by atoms with E-state index in [9.17, 15) is 9.90 Å². The Bertz CT molecular complexity index is 658. The number of rotatable bonds is 5. The second kappa shape index (κ2) is 6.80. The number of aromatic nitrogens is 2. The fraction of sp³-hybridized carbons (Fsp3) is 0.312. The van der Waals surface area contributed by atoms with Gasteiger partial charge in [-0.1, -0.05) is 41.1 Å². The summed E-state index contributed by atoms with van der Waals surface area (Å²) in [4.78, 5) is 20.3. The van der Waals surface area contributed by atoms with Crippen LogP contribution in [0.4, 0.5) is 0 Å². The van der Waals surface area contributed by atoms with E-state index < -0.39 is 11.9 Å². The average Bonchev–Trinajstić information content (AvgIpc) is 2.45.